The lowest BCUT2D eigenvalue weighted by molar-refractivity contribution is 0.323. The quantitative estimate of drug-likeness (QED) is 0.410. The van der Waals surface area contributed by atoms with Crippen molar-refractivity contribution >= 4 is 21.1 Å². The maximum absolute atomic E-state index is 13.5. The Bertz CT molecular complexity index is 1330. The molecule has 0 amide bonds. The Kier molecular flexibility index (Phi) is 6.58. The Balaban J connectivity index is 1.59. The molecule has 0 bridgehead atoms. The van der Waals surface area contributed by atoms with E-state index in [1.165, 1.54) is 4.31 Å². The highest BCUT2D eigenvalue weighted by molar-refractivity contribution is 7.89. The summed E-state index contributed by atoms with van der Waals surface area (Å²) in [7, 11) is -2.03. The molecular formula is C25H29N5O2S. The van der Waals surface area contributed by atoms with Gasteiger partial charge in [-0.1, -0.05) is 32.0 Å². The van der Waals surface area contributed by atoms with Crippen molar-refractivity contribution in [3.8, 4) is 0 Å². The molecule has 172 valence electrons. The number of rotatable bonds is 8. The van der Waals surface area contributed by atoms with Crippen LogP contribution in [-0.2, 0) is 16.4 Å². The molecular weight excluding hydrogens is 434 g/mol. The number of aromatic nitrogens is 4. The number of aromatic amines is 1. The molecule has 1 unspecified atom stereocenters. The Morgan fingerprint density at radius 2 is 1.82 bits per heavy atom. The van der Waals surface area contributed by atoms with Crippen LogP contribution in [0.2, 0.25) is 0 Å². The monoisotopic (exact) mass is 463 g/mol. The Hall–Kier alpha value is -3.10. The number of hydrogen-bond donors (Lipinski definition) is 1. The maximum atomic E-state index is 13.5. The first-order valence-corrected chi connectivity index (χ1v) is 12.5. The molecule has 3 heterocycles. The molecule has 1 aromatic carbocycles. The van der Waals surface area contributed by atoms with Crippen LogP contribution in [0.3, 0.4) is 0 Å². The average molecular weight is 464 g/mol. The first-order valence-electron chi connectivity index (χ1n) is 11.0. The molecule has 3 aromatic heterocycles. The van der Waals surface area contributed by atoms with Crippen LogP contribution in [-0.4, -0.2) is 39.7 Å². The summed E-state index contributed by atoms with van der Waals surface area (Å²) < 4.78 is 28.4. The van der Waals surface area contributed by atoms with E-state index in [0.717, 1.165) is 33.7 Å². The number of nitrogens with zero attached hydrogens (tertiary/aromatic N) is 4. The van der Waals surface area contributed by atoms with Crippen LogP contribution in [0.25, 0.3) is 11.0 Å². The molecule has 1 atom stereocenters. The van der Waals surface area contributed by atoms with E-state index in [9.17, 15) is 8.42 Å². The number of benzene rings is 1. The topological polar surface area (TPSA) is 91.8 Å². The van der Waals surface area contributed by atoms with Crippen LogP contribution < -0.4 is 0 Å². The van der Waals surface area contributed by atoms with Gasteiger partial charge < -0.3 is 4.98 Å². The number of H-pyrrole nitrogens is 1. The van der Waals surface area contributed by atoms with Gasteiger partial charge in [-0.05, 0) is 54.7 Å². The summed E-state index contributed by atoms with van der Waals surface area (Å²) in [4.78, 5) is 16.7. The minimum Gasteiger partial charge on any atom is -0.342 e. The van der Waals surface area contributed by atoms with Crippen molar-refractivity contribution in [2.75, 3.05) is 7.05 Å². The van der Waals surface area contributed by atoms with Gasteiger partial charge in [-0.2, -0.15) is 4.31 Å². The Morgan fingerprint density at radius 1 is 1.06 bits per heavy atom. The number of nitrogens with one attached hydrogen (secondary N) is 1. The summed E-state index contributed by atoms with van der Waals surface area (Å²) in [6.45, 7) is 6.10. The van der Waals surface area contributed by atoms with Crippen molar-refractivity contribution in [2.45, 2.75) is 44.6 Å². The van der Waals surface area contributed by atoms with Gasteiger partial charge in [-0.3, -0.25) is 9.97 Å². The van der Waals surface area contributed by atoms with E-state index in [-0.39, 0.29) is 10.9 Å². The lowest BCUT2D eigenvalue weighted by Crippen LogP contribution is -2.32. The molecule has 0 saturated carbocycles. The molecule has 8 heteroatoms. The first-order chi connectivity index (χ1) is 15.8. The second-order valence-electron chi connectivity index (χ2n) is 8.75. The standard InChI is InChI=1S/C25H29N5O2S/c1-17(2)14-24(20-6-5-12-26-16-20)30(4)33(31,32)21-9-7-19(8-10-21)15-23-25-22(11-13-27-23)28-18(3)29-25/h5-13,16-17,24H,14-15H2,1-4H3,(H,28,29). The van der Waals surface area contributed by atoms with Gasteiger partial charge in [0.15, 0.2) is 0 Å². The molecule has 7 nitrogen and oxygen atoms in total. The third kappa shape index (κ3) is 4.96. The highest BCUT2D eigenvalue weighted by Gasteiger charge is 2.29. The van der Waals surface area contributed by atoms with Crippen LogP contribution in [0.1, 0.15) is 49.0 Å². The van der Waals surface area contributed by atoms with E-state index in [2.05, 4.69) is 33.8 Å². The van der Waals surface area contributed by atoms with Gasteiger partial charge in [0, 0.05) is 32.1 Å². The summed E-state index contributed by atoms with van der Waals surface area (Å²) >= 11 is 0. The lowest BCUT2D eigenvalue weighted by Gasteiger charge is -2.29. The van der Waals surface area contributed by atoms with E-state index in [1.54, 1.807) is 37.8 Å². The second-order valence-corrected chi connectivity index (χ2v) is 10.7. The van der Waals surface area contributed by atoms with Gasteiger partial charge in [-0.15, -0.1) is 0 Å². The average Bonchev–Trinajstić information content (AvgIpc) is 3.19. The van der Waals surface area contributed by atoms with Gasteiger partial charge in [-0.25, -0.2) is 13.4 Å². The Morgan fingerprint density at radius 3 is 2.48 bits per heavy atom. The zero-order valence-electron chi connectivity index (χ0n) is 19.4. The van der Waals surface area contributed by atoms with Gasteiger partial charge in [0.2, 0.25) is 10.0 Å². The van der Waals surface area contributed by atoms with Crippen molar-refractivity contribution in [1.82, 2.24) is 24.2 Å². The SMILES string of the molecule is Cc1nc2c(Cc3ccc(S(=O)(=O)N(C)C(CC(C)C)c4cccnc4)cc3)nccc2[nH]1. The fourth-order valence-corrected chi connectivity index (χ4v) is 5.42. The molecule has 4 rings (SSSR count). The van der Waals surface area contributed by atoms with Gasteiger partial charge in [0.25, 0.3) is 0 Å². The van der Waals surface area contributed by atoms with Crippen LogP contribution in [0.15, 0.2) is 66.0 Å². The first kappa shape index (κ1) is 23.1. The van der Waals surface area contributed by atoms with Gasteiger partial charge in [0.05, 0.1) is 22.1 Å². The summed E-state index contributed by atoms with van der Waals surface area (Å²) in [5.41, 5.74) is 4.52. The molecule has 0 saturated heterocycles. The maximum Gasteiger partial charge on any atom is 0.243 e. The summed E-state index contributed by atoms with van der Waals surface area (Å²) in [6, 6.07) is 12.4. The van der Waals surface area contributed by atoms with E-state index >= 15 is 0 Å². The number of hydrogen-bond acceptors (Lipinski definition) is 5. The van der Waals surface area contributed by atoms with E-state index in [4.69, 9.17) is 0 Å². The molecule has 0 radical (unpaired) electrons. The molecule has 0 fully saturated rings. The smallest absolute Gasteiger partial charge is 0.243 e. The predicted octanol–water partition coefficient (Wildman–Crippen LogP) is 4.66. The summed E-state index contributed by atoms with van der Waals surface area (Å²) in [5.74, 6) is 1.17. The third-order valence-corrected chi connectivity index (χ3v) is 7.65. The summed E-state index contributed by atoms with van der Waals surface area (Å²) in [6.07, 6.45) is 6.48. The second kappa shape index (κ2) is 9.41. The fraction of sp³-hybridized carbons (Fsp3) is 0.320. The molecule has 0 aliphatic rings. The normalized spacial score (nSPS) is 13.2. The van der Waals surface area contributed by atoms with Crippen molar-refractivity contribution in [2.24, 2.45) is 5.92 Å². The number of sulfonamides is 1. The molecule has 0 spiro atoms. The van der Waals surface area contributed by atoms with Crippen LogP contribution in [0.5, 0.6) is 0 Å². The van der Waals surface area contributed by atoms with Crippen molar-refractivity contribution in [3.63, 3.8) is 0 Å². The van der Waals surface area contributed by atoms with Gasteiger partial charge >= 0.3 is 0 Å². The van der Waals surface area contributed by atoms with Crippen molar-refractivity contribution < 1.29 is 8.42 Å². The fourth-order valence-electron chi connectivity index (χ4n) is 4.06. The van der Waals surface area contributed by atoms with E-state index in [0.29, 0.717) is 18.8 Å². The zero-order chi connectivity index (χ0) is 23.6. The van der Waals surface area contributed by atoms with Crippen LogP contribution in [0.4, 0.5) is 0 Å². The minimum absolute atomic E-state index is 0.271. The van der Waals surface area contributed by atoms with E-state index < -0.39 is 10.0 Å². The predicted molar refractivity (Wildman–Crippen MR) is 129 cm³/mol. The van der Waals surface area contributed by atoms with E-state index in [1.807, 2.05) is 37.3 Å². The van der Waals surface area contributed by atoms with Crippen LogP contribution in [0, 0.1) is 12.8 Å². The molecule has 33 heavy (non-hydrogen) atoms. The minimum atomic E-state index is -3.68. The van der Waals surface area contributed by atoms with Gasteiger partial charge in [0.1, 0.15) is 11.3 Å². The highest BCUT2D eigenvalue weighted by Crippen LogP contribution is 2.31. The molecule has 0 aliphatic heterocycles. The highest BCUT2D eigenvalue weighted by atomic mass is 32.2. The van der Waals surface area contributed by atoms with Crippen molar-refractivity contribution in [1.29, 1.82) is 0 Å². The number of pyridine rings is 2. The third-order valence-electron chi connectivity index (χ3n) is 5.77. The summed E-state index contributed by atoms with van der Waals surface area (Å²) in [5, 5.41) is 0. The Labute approximate surface area is 195 Å². The molecule has 1 N–H and O–H groups in total. The zero-order valence-corrected chi connectivity index (χ0v) is 20.2. The molecule has 4 aromatic rings. The number of fused-ring (bicyclic) bond motifs is 1. The number of imidazole rings is 1. The largest absolute Gasteiger partial charge is 0.342 e. The van der Waals surface area contributed by atoms with Crippen LogP contribution >= 0.6 is 0 Å². The number of aryl methyl sites for hydroxylation is 1. The van der Waals surface area contributed by atoms with Crippen molar-refractivity contribution in [3.05, 3.63) is 83.7 Å². The lowest BCUT2D eigenvalue weighted by atomic mass is 9.98. The molecule has 0 aliphatic carbocycles.